The second kappa shape index (κ2) is 23.0. The number of terminal acetylenes is 1. The molecular weight excluding hydrogens is 844 g/mol. The Kier molecular flexibility index (Phi) is 18.1. The fourth-order valence-electron chi connectivity index (χ4n) is 6.61. The van der Waals surface area contributed by atoms with Crippen molar-refractivity contribution in [2.75, 3.05) is 83.8 Å². The van der Waals surface area contributed by atoms with E-state index in [-0.39, 0.29) is 54.8 Å². The molecular formula is C37H53N7O15P2. The van der Waals surface area contributed by atoms with Crippen molar-refractivity contribution in [3.63, 3.8) is 0 Å². The zero-order chi connectivity index (χ0) is 44.0. The van der Waals surface area contributed by atoms with Gasteiger partial charge in [0, 0.05) is 19.1 Å². The number of piperidine rings is 1. The summed E-state index contributed by atoms with van der Waals surface area (Å²) >= 11 is 0. The molecule has 2 saturated heterocycles. The van der Waals surface area contributed by atoms with Gasteiger partial charge in [-0.05, 0) is 25.3 Å². The third kappa shape index (κ3) is 14.6. The van der Waals surface area contributed by atoms with Gasteiger partial charge < -0.3 is 68.6 Å². The smallest absolute Gasteiger partial charge is 0.340 e. The van der Waals surface area contributed by atoms with Crippen molar-refractivity contribution in [1.82, 2.24) is 30.0 Å². The Morgan fingerprint density at radius 2 is 1.59 bits per heavy atom. The molecule has 4 heterocycles. The lowest BCUT2D eigenvalue weighted by molar-refractivity contribution is -0.133. The van der Waals surface area contributed by atoms with E-state index in [4.69, 9.17) is 44.4 Å². The van der Waals surface area contributed by atoms with Gasteiger partial charge in [0.15, 0.2) is 17.8 Å². The fourth-order valence-corrected chi connectivity index (χ4v) is 9.18. The van der Waals surface area contributed by atoms with Crippen molar-refractivity contribution in [3.05, 3.63) is 47.9 Å². The van der Waals surface area contributed by atoms with E-state index in [1.807, 2.05) is 6.07 Å². The van der Waals surface area contributed by atoms with Gasteiger partial charge >= 0.3 is 15.2 Å². The van der Waals surface area contributed by atoms with E-state index in [0.29, 0.717) is 76.5 Å². The maximum atomic E-state index is 14.0. The average Bonchev–Trinajstić information content (AvgIpc) is 3.76. The van der Waals surface area contributed by atoms with Crippen molar-refractivity contribution < 1.29 is 71.8 Å². The minimum absolute atomic E-state index is 0.0401. The molecule has 1 unspecified atom stereocenters. The third-order valence-electron chi connectivity index (χ3n) is 9.58. The fraction of sp³-hybridized carbons (Fsp3) is 0.595. The zero-order valence-corrected chi connectivity index (χ0v) is 35.4. The molecule has 3 aromatic rings. The maximum absolute atomic E-state index is 14.0. The number of hydrogen-bond acceptors (Lipinski definition) is 16. The molecule has 2 amide bonds. The van der Waals surface area contributed by atoms with E-state index in [1.54, 1.807) is 36.1 Å². The molecule has 7 N–H and O–H groups in total. The number of amides is 2. The molecule has 0 aliphatic carbocycles. The molecule has 336 valence electrons. The van der Waals surface area contributed by atoms with Crippen LogP contribution in [0.4, 0.5) is 5.82 Å². The highest BCUT2D eigenvalue weighted by Gasteiger charge is 2.46. The molecule has 6 atom stereocenters. The highest BCUT2D eigenvalue weighted by molar-refractivity contribution is 7.70. The molecule has 2 aliphatic heterocycles. The Hall–Kier alpha value is -3.91. The molecule has 0 bridgehead atoms. The number of aliphatic hydroxyl groups is 2. The monoisotopic (exact) mass is 897 g/mol. The van der Waals surface area contributed by atoms with Crippen LogP contribution < -0.4 is 10.6 Å². The molecule has 2 aromatic heterocycles. The predicted octanol–water partition coefficient (Wildman–Crippen LogP) is 0.441. The lowest BCUT2D eigenvalue weighted by Crippen LogP contribution is -2.48. The number of aromatic nitrogens is 4. The number of carbonyl (C=O) groups is 2. The zero-order valence-electron chi connectivity index (χ0n) is 33.6. The summed E-state index contributed by atoms with van der Waals surface area (Å²) in [6, 6.07) is 7.82. The number of aliphatic hydroxyl groups excluding tert-OH is 2. The van der Waals surface area contributed by atoms with Gasteiger partial charge in [0.05, 0.1) is 70.9 Å². The van der Waals surface area contributed by atoms with Crippen LogP contribution in [0.3, 0.4) is 0 Å². The van der Waals surface area contributed by atoms with Gasteiger partial charge in [-0.1, -0.05) is 36.3 Å². The van der Waals surface area contributed by atoms with Crippen molar-refractivity contribution in [3.8, 4) is 12.3 Å². The number of fused-ring (bicyclic) bond motifs is 1. The molecule has 2 aliphatic rings. The first-order chi connectivity index (χ1) is 29.2. The van der Waals surface area contributed by atoms with Crippen LogP contribution >= 0.6 is 15.2 Å². The van der Waals surface area contributed by atoms with Crippen LogP contribution in [0.2, 0.25) is 0 Å². The summed E-state index contributed by atoms with van der Waals surface area (Å²) in [6.45, 7) is 4.64. The number of nitrogens with zero attached hydrogens (tertiary/aromatic N) is 5. The second-order valence-corrected chi connectivity index (χ2v) is 18.2. The predicted molar refractivity (Wildman–Crippen MR) is 216 cm³/mol. The Bertz CT molecular complexity index is 2030. The number of rotatable bonds is 24. The molecule has 1 aromatic carbocycles. The number of nitrogens with one attached hydrogen (secondary N) is 2. The lowest BCUT2D eigenvalue weighted by Gasteiger charge is -2.33. The molecule has 61 heavy (non-hydrogen) atoms. The van der Waals surface area contributed by atoms with E-state index in [9.17, 15) is 33.8 Å². The quantitative estimate of drug-likeness (QED) is 0.0365. The van der Waals surface area contributed by atoms with Gasteiger partial charge in [0.2, 0.25) is 11.8 Å². The number of hydrogen-bond donors (Lipinski definition) is 7. The average molecular weight is 898 g/mol. The van der Waals surface area contributed by atoms with Crippen LogP contribution in [0.25, 0.3) is 11.0 Å². The van der Waals surface area contributed by atoms with Crippen LogP contribution in [-0.4, -0.2) is 164 Å². The topological polar surface area (TPSA) is 296 Å². The van der Waals surface area contributed by atoms with E-state index in [1.165, 1.54) is 10.9 Å². The van der Waals surface area contributed by atoms with E-state index in [2.05, 4.69) is 31.6 Å². The lowest BCUT2D eigenvalue weighted by atomic mass is 10.0. The summed E-state index contributed by atoms with van der Waals surface area (Å²) in [7, 11) is -9.68. The molecule has 5 rings (SSSR count). The molecule has 24 heteroatoms. The largest absolute Gasteiger partial charge is 0.387 e. The first kappa shape index (κ1) is 48.1. The number of likely N-dealkylation sites (tertiary alicyclic amines) is 1. The van der Waals surface area contributed by atoms with Crippen molar-refractivity contribution in [2.45, 2.75) is 62.8 Å². The first-order valence-electron chi connectivity index (χ1n) is 19.5. The van der Waals surface area contributed by atoms with Crippen LogP contribution in [0.15, 0.2) is 36.5 Å². The summed E-state index contributed by atoms with van der Waals surface area (Å²) in [4.78, 5) is 65.7. The Morgan fingerprint density at radius 1 is 0.951 bits per heavy atom. The van der Waals surface area contributed by atoms with Crippen LogP contribution in [-0.2, 0) is 46.9 Å². The van der Waals surface area contributed by atoms with Gasteiger partial charge in [0.25, 0.3) is 0 Å². The minimum Gasteiger partial charge on any atom is -0.387 e. The highest BCUT2D eigenvalue weighted by atomic mass is 31.2. The van der Waals surface area contributed by atoms with E-state index < -0.39 is 58.3 Å². The highest BCUT2D eigenvalue weighted by Crippen LogP contribution is 2.55. The van der Waals surface area contributed by atoms with E-state index >= 15 is 0 Å². The molecule has 0 radical (unpaired) electrons. The Morgan fingerprint density at radius 3 is 2.23 bits per heavy atom. The van der Waals surface area contributed by atoms with Crippen LogP contribution in [0, 0.1) is 19.3 Å². The molecule has 0 spiro atoms. The number of carbonyl (C=O) groups excluding carboxylic acids is 2. The SMILES string of the molecule is C#CCOCCOCCOCCOCCC(=O)N1CCC(NC(=O)[C@H](Nc2nc(C)nc3c2cnn3[C@@H]2O[C@H](COP(=O)(O)CP(=O)(O)O)[C@@H](O)[C@H]2O)c2ccccc2)CC1. The summed E-state index contributed by atoms with van der Waals surface area (Å²) in [6.07, 6.45) is 1.77. The summed E-state index contributed by atoms with van der Waals surface area (Å²) < 4.78 is 56.7. The van der Waals surface area contributed by atoms with Gasteiger partial charge in [-0.2, -0.15) is 5.10 Å². The molecule has 0 saturated carbocycles. The van der Waals surface area contributed by atoms with Crippen LogP contribution in [0.1, 0.15) is 42.9 Å². The van der Waals surface area contributed by atoms with Gasteiger partial charge in [0.1, 0.15) is 42.6 Å². The summed E-state index contributed by atoms with van der Waals surface area (Å²) in [5.41, 5.74) is 0.788. The Labute approximate surface area is 351 Å². The normalized spacial score (nSPS) is 21.2. The third-order valence-corrected chi connectivity index (χ3v) is 13.0. The second-order valence-electron chi connectivity index (χ2n) is 14.2. The summed E-state index contributed by atoms with van der Waals surface area (Å²) in [5.74, 6) is 1.04. The number of anilines is 1. The summed E-state index contributed by atoms with van der Waals surface area (Å²) in [5, 5.41) is 32.6. The standard InChI is InChI=1S/C37H53N7O15P2/c1-3-14-54-16-18-56-20-21-57-19-17-55-15-11-30(45)43-12-9-27(10-13-43)41-36(48)31(26-7-5-4-6-8-26)42-34-28-22-38-44(35(28)40-25(2)39-34)37-33(47)32(46)29(59-37)23-58-61(52,53)24-60(49,50)51/h1,4-8,22,27,29,31-33,37,46-47H,9-21,23-24H2,2H3,(H,41,48)(H,52,53)(H,39,40,42)(H2,49,50,51)/t29-,31-,32-,33-,37-/m1/s1. The van der Waals surface area contributed by atoms with Gasteiger partial charge in [-0.25, -0.2) is 14.6 Å². The first-order valence-corrected chi connectivity index (χ1v) is 23.1. The van der Waals surface area contributed by atoms with Crippen molar-refractivity contribution >= 4 is 43.9 Å². The molecule has 2 fully saturated rings. The van der Waals surface area contributed by atoms with Crippen molar-refractivity contribution in [1.29, 1.82) is 0 Å². The number of aryl methyl sites for hydroxylation is 1. The van der Waals surface area contributed by atoms with Crippen molar-refractivity contribution in [2.24, 2.45) is 0 Å². The minimum atomic E-state index is -4.90. The van der Waals surface area contributed by atoms with Gasteiger partial charge in [-0.15, -0.1) is 6.42 Å². The molecule has 22 nitrogen and oxygen atoms in total. The van der Waals surface area contributed by atoms with Gasteiger partial charge in [-0.3, -0.25) is 18.7 Å². The van der Waals surface area contributed by atoms with E-state index in [0.717, 1.165) is 0 Å². The van der Waals surface area contributed by atoms with Crippen LogP contribution in [0.5, 0.6) is 0 Å². The Balaban J connectivity index is 1.13. The number of ether oxygens (including phenoxy) is 5. The maximum Gasteiger partial charge on any atom is 0.340 e. The number of benzene rings is 1.